The van der Waals surface area contributed by atoms with Crippen LogP contribution in [0.3, 0.4) is 0 Å². The Kier molecular flexibility index (Phi) is 6.87. The first kappa shape index (κ1) is 23.6. The fourth-order valence-electron chi connectivity index (χ4n) is 3.89. The summed E-state index contributed by atoms with van der Waals surface area (Å²) in [6.07, 6.45) is 2.10. The van der Waals surface area contributed by atoms with Crippen LogP contribution < -0.4 is 4.74 Å². The average molecular weight is 475 g/mol. The molecule has 7 heteroatoms. The van der Waals surface area contributed by atoms with E-state index in [1.165, 1.54) is 18.2 Å². The van der Waals surface area contributed by atoms with E-state index in [0.717, 1.165) is 16.7 Å². The van der Waals surface area contributed by atoms with Crippen LogP contribution in [0.2, 0.25) is 0 Å². The molecule has 0 saturated heterocycles. The molecular formula is C28H26O7. The number of phenolic OH excluding ortho intramolecular Hbond substituents is 6. The van der Waals surface area contributed by atoms with Crippen molar-refractivity contribution in [3.05, 3.63) is 95.1 Å². The lowest BCUT2D eigenvalue weighted by molar-refractivity contribution is 0.380. The highest BCUT2D eigenvalue weighted by Crippen LogP contribution is 2.39. The maximum absolute atomic E-state index is 10.5. The maximum atomic E-state index is 10.5. The Labute approximate surface area is 202 Å². The molecule has 4 rings (SSSR count). The van der Waals surface area contributed by atoms with Gasteiger partial charge in [0.05, 0.1) is 0 Å². The van der Waals surface area contributed by atoms with Gasteiger partial charge in [-0.05, 0) is 90.4 Å². The fraction of sp³-hybridized carbons (Fsp3) is 0.143. The number of aryl methyl sites for hydroxylation is 4. The fourth-order valence-corrected chi connectivity index (χ4v) is 3.89. The molecule has 0 bridgehead atoms. The second kappa shape index (κ2) is 10.2. The van der Waals surface area contributed by atoms with Crippen molar-refractivity contribution < 1.29 is 35.4 Å². The molecule has 0 atom stereocenters. The highest BCUT2D eigenvalue weighted by Gasteiger charge is 2.14. The van der Waals surface area contributed by atoms with Crippen LogP contribution in [0, 0.1) is 0 Å². The van der Waals surface area contributed by atoms with Crippen molar-refractivity contribution in [2.75, 3.05) is 0 Å². The van der Waals surface area contributed by atoms with E-state index in [9.17, 15) is 30.6 Å². The zero-order chi connectivity index (χ0) is 24.9. The van der Waals surface area contributed by atoms with E-state index in [-0.39, 0.29) is 46.0 Å². The van der Waals surface area contributed by atoms with Gasteiger partial charge < -0.3 is 35.4 Å². The van der Waals surface area contributed by atoms with E-state index in [0.29, 0.717) is 31.2 Å². The van der Waals surface area contributed by atoms with Crippen molar-refractivity contribution in [2.24, 2.45) is 0 Å². The smallest absolute Gasteiger partial charge is 0.169 e. The van der Waals surface area contributed by atoms with Gasteiger partial charge in [-0.2, -0.15) is 0 Å². The molecule has 0 fully saturated rings. The van der Waals surface area contributed by atoms with Crippen molar-refractivity contribution in [3.63, 3.8) is 0 Å². The van der Waals surface area contributed by atoms with Gasteiger partial charge in [-0.25, -0.2) is 0 Å². The molecular weight excluding hydrogens is 448 g/mol. The summed E-state index contributed by atoms with van der Waals surface area (Å²) in [5.74, 6) is -0.0855. The maximum Gasteiger partial charge on any atom is 0.169 e. The summed E-state index contributed by atoms with van der Waals surface area (Å²) in [6.45, 7) is 0. The van der Waals surface area contributed by atoms with Crippen LogP contribution in [-0.4, -0.2) is 30.6 Å². The minimum absolute atomic E-state index is 0.0124. The van der Waals surface area contributed by atoms with Gasteiger partial charge in [-0.3, -0.25) is 0 Å². The van der Waals surface area contributed by atoms with Crippen LogP contribution in [0.4, 0.5) is 0 Å². The van der Waals surface area contributed by atoms with E-state index in [1.807, 2.05) is 6.07 Å². The van der Waals surface area contributed by atoms with Crippen molar-refractivity contribution in [3.8, 4) is 46.0 Å². The molecule has 0 unspecified atom stereocenters. The number of hydrogen-bond acceptors (Lipinski definition) is 7. The molecule has 6 N–H and O–H groups in total. The molecule has 180 valence electrons. The number of rotatable bonds is 8. The minimum atomic E-state index is -0.268. The van der Waals surface area contributed by atoms with Crippen molar-refractivity contribution >= 4 is 0 Å². The molecule has 4 aromatic carbocycles. The summed E-state index contributed by atoms with van der Waals surface area (Å²) < 4.78 is 5.74. The van der Waals surface area contributed by atoms with Gasteiger partial charge in [0, 0.05) is 12.1 Å². The third kappa shape index (κ3) is 6.09. The summed E-state index contributed by atoms with van der Waals surface area (Å²) in [5.41, 5.74) is 3.02. The lowest BCUT2D eigenvalue weighted by atomic mass is 10.0. The third-order valence-corrected chi connectivity index (χ3v) is 5.66. The summed E-state index contributed by atoms with van der Waals surface area (Å²) in [5, 5.41) is 59.8. The predicted octanol–water partition coefficient (Wildman–Crippen LogP) is 5.28. The van der Waals surface area contributed by atoms with E-state index < -0.39 is 0 Å². The standard InChI is InChI=1S/C28H26O7/c29-21-3-1-2-17(10-21)6-8-20-14-28(26(34)16-24(20)32)35-27-9-7-18(13-25(27)33)4-5-19-11-22(30)15-23(31)12-19/h1-3,7,9-16,29-34H,4-6,8H2. The molecule has 0 aromatic heterocycles. The number of aromatic hydroxyl groups is 6. The Bertz CT molecular complexity index is 1330. The molecule has 35 heavy (non-hydrogen) atoms. The lowest BCUT2D eigenvalue weighted by Crippen LogP contribution is -1.95. The van der Waals surface area contributed by atoms with Gasteiger partial charge in [-0.15, -0.1) is 0 Å². The third-order valence-electron chi connectivity index (χ3n) is 5.66. The van der Waals surface area contributed by atoms with Crippen LogP contribution in [0.5, 0.6) is 46.0 Å². The monoisotopic (exact) mass is 474 g/mol. The number of hydrogen-bond donors (Lipinski definition) is 6. The van der Waals surface area contributed by atoms with E-state index in [4.69, 9.17) is 4.74 Å². The Morgan fingerprint density at radius 2 is 1.09 bits per heavy atom. The highest BCUT2D eigenvalue weighted by molar-refractivity contribution is 5.53. The minimum Gasteiger partial charge on any atom is -0.508 e. The molecule has 0 spiro atoms. The second-order valence-corrected chi connectivity index (χ2v) is 8.38. The van der Waals surface area contributed by atoms with Crippen molar-refractivity contribution in [1.29, 1.82) is 0 Å². The van der Waals surface area contributed by atoms with Gasteiger partial charge in [0.1, 0.15) is 23.0 Å². The zero-order valence-corrected chi connectivity index (χ0v) is 18.8. The molecule has 0 radical (unpaired) electrons. The van der Waals surface area contributed by atoms with E-state index >= 15 is 0 Å². The summed E-state index contributed by atoms with van der Waals surface area (Å²) in [6, 6.07) is 18.9. The number of phenols is 6. The van der Waals surface area contributed by atoms with Crippen LogP contribution in [0.1, 0.15) is 22.3 Å². The van der Waals surface area contributed by atoms with Gasteiger partial charge >= 0.3 is 0 Å². The zero-order valence-electron chi connectivity index (χ0n) is 18.8. The SMILES string of the molecule is Oc1cc(O)cc(CCc2ccc(Oc3cc(CCc4cccc(O)c4)c(O)cc3O)c(O)c2)c1. The lowest BCUT2D eigenvalue weighted by Gasteiger charge is -2.13. The van der Waals surface area contributed by atoms with Crippen LogP contribution in [0.25, 0.3) is 0 Å². The molecule has 0 aliphatic carbocycles. The van der Waals surface area contributed by atoms with Gasteiger partial charge in [0.2, 0.25) is 0 Å². The summed E-state index contributed by atoms with van der Waals surface area (Å²) in [4.78, 5) is 0. The Morgan fingerprint density at radius 1 is 0.457 bits per heavy atom. The largest absolute Gasteiger partial charge is 0.508 e. The van der Waals surface area contributed by atoms with Crippen molar-refractivity contribution in [1.82, 2.24) is 0 Å². The topological polar surface area (TPSA) is 131 Å². The van der Waals surface area contributed by atoms with E-state index in [1.54, 1.807) is 48.5 Å². The van der Waals surface area contributed by atoms with Crippen LogP contribution in [-0.2, 0) is 25.7 Å². The van der Waals surface area contributed by atoms with Crippen LogP contribution in [0.15, 0.2) is 72.8 Å². The Balaban J connectivity index is 1.45. The average Bonchev–Trinajstić information content (AvgIpc) is 2.79. The van der Waals surface area contributed by atoms with Crippen molar-refractivity contribution in [2.45, 2.75) is 25.7 Å². The number of ether oxygens (including phenoxy) is 1. The molecule has 0 amide bonds. The molecule has 4 aromatic rings. The summed E-state index contributed by atoms with van der Waals surface area (Å²) >= 11 is 0. The predicted molar refractivity (Wildman–Crippen MR) is 131 cm³/mol. The van der Waals surface area contributed by atoms with Gasteiger partial charge in [-0.1, -0.05) is 18.2 Å². The molecule has 0 heterocycles. The van der Waals surface area contributed by atoms with Gasteiger partial charge in [0.15, 0.2) is 23.0 Å². The molecule has 0 aliphatic heterocycles. The van der Waals surface area contributed by atoms with E-state index in [2.05, 4.69) is 0 Å². The molecule has 7 nitrogen and oxygen atoms in total. The Morgan fingerprint density at radius 3 is 1.80 bits per heavy atom. The number of benzene rings is 4. The molecule has 0 saturated carbocycles. The first-order valence-corrected chi connectivity index (χ1v) is 11.1. The Hall–Kier alpha value is -4.52. The highest BCUT2D eigenvalue weighted by atomic mass is 16.5. The first-order chi connectivity index (χ1) is 16.8. The van der Waals surface area contributed by atoms with Crippen LogP contribution >= 0.6 is 0 Å². The second-order valence-electron chi connectivity index (χ2n) is 8.38. The first-order valence-electron chi connectivity index (χ1n) is 11.1. The van der Waals surface area contributed by atoms with Gasteiger partial charge in [0.25, 0.3) is 0 Å². The molecule has 0 aliphatic rings. The quantitative estimate of drug-likeness (QED) is 0.205. The normalized spacial score (nSPS) is 10.9. The summed E-state index contributed by atoms with van der Waals surface area (Å²) in [7, 11) is 0.